The van der Waals surface area contributed by atoms with Crippen LogP contribution in [0, 0.1) is 12.7 Å². The quantitative estimate of drug-likeness (QED) is 0.647. The van der Waals surface area contributed by atoms with Crippen LogP contribution in [0.3, 0.4) is 0 Å². The third kappa shape index (κ3) is 4.43. The highest BCUT2D eigenvalue weighted by Crippen LogP contribution is 2.17. The van der Waals surface area contributed by atoms with Gasteiger partial charge in [0.15, 0.2) is 0 Å². The van der Waals surface area contributed by atoms with Gasteiger partial charge in [-0.25, -0.2) is 4.39 Å². The van der Waals surface area contributed by atoms with E-state index in [0.29, 0.717) is 17.8 Å². The number of piperidine rings is 1. The number of carbonyl (C=O) groups is 1. The number of nitrogens with two attached hydrogens (primary N) is 1. The molecule has 1 heterocycles. The standard InChI is InChI=1S/C16H24FN3O/c1-12-10-13(18)11-14(15(12)17)16(21)19-6-5-9-20-7-3-2-4-8-20/h10-11H,2-9,18H2,1H3,(H,19,21). The zero-order chi connectivity index (χ0) is 15.2. The Balaban J connectivity index is 1.79. The van der Waals surface area contributed by atoms with E-state index in [2.05, 4.69) is 10.2 Å². The predicted molar refractivity (Wildman–Crippen MR) is 82.8 cm³/mol. The van der Waals surface area contributed by atoms with Gasteiger partial charge < -0.3 is 16.0 Å². The fraction of sp³-hybridized carbons (Fsp3) is 0.562. The van der Waals surface area contributed by atoms with Gasteiger partial charge in [-0.15, -0.1) is 0 Å². The van der Waals surface area contributed by atoms with Crippen molar-refractivity contribution in [1.29, 1.82) is 0 Å². The van der Waals surface area contributed by atoms with E-state index >= 15 is 0 Å². The monoisotopic (exact) mass is 293 g/mol. The van der Waals surface area contributed by atoms with Crippen LogP contribution in [0.4, 0.5) is 10.1 Å². The molecule has 4 nitrogen and oxygen atoms in total. The number of halogens is 1. The molecule has 1 aliphatic rings. The lowest BCUT2D eigenvalue weighted by molar-refractivity contribution is 0.0947. The highest BCUT2D eigenvalue weighted by atomic mass is 19.1. The molecule has 0 bridgehead atoms. The van der Waals surface area contributed by atoms with Gasteiger partial charge in [0.25, 0.3) is 5.91 Å². The van der Waals surface area contributed by atoms with Crippen molar-refractivity contribution in [2.24, 2.45) is 0 Å². The molecule has 5 heteroatoms. The Morgan fingerprint density at radius 2 is 2.05 bits per heavy atom. The molecule has 1 saturated heterocycles. The van der Waals surface area contributed by atoms with Crippen molar-refractivity contribution in [3.8, 4) is 0 Å². The predicted octanol–water partition coefficient (Wildman–Crippen LogP) is 2.32. The molecular formula is C16H24FN3O. The zero-order valence-electron chi connectivity index (χ0n) is 12.6. The summed E-state index contributed by atoms with van der Waals surface area (Å²) in [6.07, 6.45) is 4.73. The third-order valence-electron chi connectivity index (χ3n) is 3.91. The van der Waals surface area contributed by atoms with Crippen LogP contribution >= 0.6 is 0 Å². The van der Waals surface area contributed by atoms with Crippen molar-refractivity contribution in [3.63, 3.8) is 0 Å². The second-order valence-corrected chi connectivity index (χ2v) is 5.71. The molecule has 0 spiro atoms. The minimum atomic E-state index is -0.488. The molecule has 116 valence electrons. The topological polar surface area (TPSA) is 58.4 Å². The minimum Gasteiger partial charge on any atom is -0.399 e. The molecule has 0 atom stereocenters. The highest BCUT2D eigenvalue weighted by molar-refractivity contribution is 5.95. The van der Waals surface area contributed by atoms with Crippen molar-refractivity contribution in [3.05, 3.63) is 29.1 Å². The van der Waals surface area contributed by atoms with Gasteiger partial charge in [-0.2, -0.15) is 0 Å². The van der Waals surface area contributed by atoms with Gasteiger partial charge in [0.05, 0.1) is 5.56 Å². The summed E-state index contributed by atoms with van der Waals surface area (Å²) >= 11 is 0. The molecule has 0 aliphatic carbocycles. The first kappa shape index (κ1) is 15.8. The van der Waals surface area contributed by atoms with Gasteiger partial charge in [-0.05, 0) is 63.5 Å². The van der Waals surface area contributed by atoms with Crippen molar-refractivity contribution < 1.29 is 9.18 Å². The van der Waals surface area contributed by atoms with E-state index in [1.807, 2.05) is 0 Å². The lowest BCUT2D eigenvalue weighted by Crippen LogP contribution is -2.33. The maximum absolute atomic E-state index is 13.9. The SMILES string of the molecule is Cc1cc(N)cc(C(=O)NCCCN2CCCCC2)c1F. The number of aryl methyl sites for hydroxylation is 1. The van der Waals surface area contributed by atoms with E-state index in [0.717, 1.165) is 26.1 Å². The van der Waals surface area contributed by atoms with E-state index in [4.69, 9.17) is 5.73 Å². The molecule has 0 radical (unpaired) electrons. The molecule has 1 amide bonds. The van der Waals surface area contributed by atoms with Crippen LogP contribution in [0.2, 0.25) is 0 Å². The molecule has 2 rings (SSSR count). The average Bonchev–Trinajstić information content (AvgIpc) is 2.48. The van der Waals surface area contributed by atoms with Gasteiger partial charge in [0.1, 0.15) is 5.82 Å². The summed E-state index contributed by atoms with van der Waals surface area (Å²) in [5, 5.41) is 2.77. The maximum atomic E-state index is 13.9. The molecule has 1 aromatic carbocycles. The normalized spacial score (nSPS) is 15.9. The Morgan fingerprint density at radius 1 is 1.33 bits per heavy atom. The molecule has 0 unspecified atom stereocenters. The summed E-state index contributed by atoms with van der Waals surface area (Å²) in [5.41, 5.74) is 6.50. The Kier molecular flexibility index (Phi) is 5.56. The summed E-state index contributed by atoms with van der Waals surface area (Å²) in [5.74, 6) is -0.876. The van der Waals surface area contributed by atoms with Crippen LogP contribution in [0.1, 0.15) is 41.6 Å². The highest BCUT2D eigenvalue weighted by Gasteiger charge is 2.14. The summed E-state index contributed by atoms with van der Waals surface area (Å²) < 4.78 is 13.9. The first-order valence-corrected chi connectivity index (χ1v) is 7.64. The van der Waals surface area contributed by atoms with E-state index < -0.39 is 5.82 Å². The van der Waals surface area contributed by atoms with Gasteiger partial charge >= 0.3 is 0 Å². The average molecular weight is 293 g/mol. The minimum absolute atomic E-state index is 0.0328. The van der Waals surface area contributed by atoms with Crippen LogP contribution in [0.15, 0.2) is 12.1 Å². The molecule has 0 aromatic heterocycles. The number of rotatable bonds is 5. The zero-order valence-corrected chi connectivity index (χ0v) is 12.6. The number of likely N-dealkylation sites (tertiary alicyclic amines) is 1. The number of benzene rings is 1. The van der Waals surface area contributed by atoms with Gasteiger partial charge in [0.2, 0.25) is 0 Å². The number of nitrogens with zero attached hydrogens (tertiary/aromatic N) is 1. The van der Waals surface area contributed by atoms with Gasteiger partial charge in [-0.1, -0.05) is 6.42 Å². The molecule has 1 fully saturated rings. The molecule has 0 saturated carbocycles. The van der Waals surface area contributed by atoms with Crippen molar-refractivity contribution in [2.45, 2.75) is 32.6 Å². The first-order valence-electron chi connectivity index (χ1n) is 7.64. The Hall–Kier alpha value is -1.62. The van der Waals surface area contributed by atoms with E-state index in [1.165, 1.54) is 31.4 Å². The maximum Gasteiger partial charge on any atom is 0.254 e. The summed E-state index contributed by atoms with van der Waals surface area (Å²) in [4.78, 5) is 14.4. The molecule has 3 N–H and O–H groups in total. The van der Waals surface area contributed by atoms with Crippen LogP contribution in [0.25, 0.3) is 0 Å². The largest absolute Gasteiger partial charge is 0.399 e. The molecule has 1 aromatic rings. The number of nitrogen functional groups attached to an aromatic ring is 1. The third-order valence-corrected chi connectivity index (χ3v) is 3.91. The first-order chi connectivity index (χ1) is 10.1. The number of hydrogen-bond acceptors (Lipinski definition) is 3. The van der Waals surface area contributed by atoms with Gasteiger partial charge in [-0.3, -0.25) is 4.79 Å². The number of nitrogens with one attached hydrogen (secondary N) is 1. The number of carbonyl (C=O) groups excluding carboxylic acids is 1. The molecular weight excluding hydrogens is 269 g/mol. The summed E-state index contributed by atoms with van der Waals surface area (Å²) in [6, 6.07) is 2.92. The smallest absolute Gasteiger partial charge is 0.254 e. The fourth-order valence-electron chi connectivity index (χ4n) is 2.75. The van der Waals surface area contributed by atoms with Crippen molar-refractivity contribution in [2.75, 3.05) is 31.9 Å². The second kappa shape index (κ2) is 7.41. The second-order valence-electron chi connectivity index (χ2n) is 5.71. The van der Waals surface area contributed by atoms with Crippen LogP contribution in [-0.2, 0) is 0 Å². The van der Waals surface area contributed by atoms with Crippen molar-refractivity contribution in [1.82, 2.24) is 10.2 Å². The number of anilines is 1. The number of amides is 1. The Morgan fingerprint density at radius 3 is 2.76 bits per heavy atom. The van der Waals surface area contributed by atoms with Crippen LogP contribution < -0.4 is 11.1 Å². The van der Waals surface area contributed by atoms with E-state index in [-0.39, 0.29) is 11.5 Å². The van der Waals surface area contributed by atoms with Crippen LogP contribution in [0.5, 0.6) is 0 Å². The molecule has 1 aliphatic heterocycles. The van der Waals surface area contributed by atoms with E-state index in [9.17, 15) is 9.18 Å². The number of hydrogen-bond donors (Lipinski definition) is 2. The summed E-state index contributed by atoms with van der Waals surface area (Å²) in [7, 11) is 0. The molecule has 21 heavy (non-hydrogen) atoms. The Labute approximate surface area is 125 Å². The van der Waals surface area contributed by atoms with E-state index in [1.54, 1.807) is 6.92 Å². The van der Waals surface area contributed by atoms with Gasteiger partial charge in [0, 0.05) is 12.2 Å². The lowest BCUT2D eigenvalue weighted by atomic mass is 10.1. The summed E-state index contributed by atoms with van der Waals surface area (Å²) in [6.45, 7) is 5.45. The lowest BCUT2D eigenvalue weighted by Gasteiger charge is -2.26. The fourth-order valence-corrected chi connectivity index (χ4v) is 2.75. The van der Waals surface area contributed by atoms with Crippen LogP contribution in [-0.4, -0.2) is 37.0 Å². The van der Waals surface area contributed by atoms with Crippen molar-refractivity contribution >= 4 is 11.6 Å². The Bertz CT molecular complexity index is 499.